The van der Waals surface area contributed by atoms with Gasteiger partial charge < -0.3 is 5.32 Å². The van der Waals surface area contributed by atoms with Crippen LogP contribution in [-0.2, 0) is 16.4 Å². The van der Waals surface area contributed by atoms with Crippen molar-refractivity contribution in [1.82, 2.24) is 10.0 Å². The summed E-state index contributed by atoms with van der Waals surface area (Å²) in [6, 6.07) is 7.61. The van der Waals surface area contributed by atoms with Gasteiger partial charge in [-0.25, -0.2) is 35.1 Å². The summed E-state index contributed by atoms with van der Waals surface area (Å²) >= 11 is 0. The molecule has 4 rings (SSSR count). The van der Waals surface area contributed by atoms with Crippen LogP contribution in [0.5, 0.6) is 0 Å². The Labute approximate surface area is 228 Å². The summed E-state index contributed by atoms with van der Waals surface area (Å²) in [4.78, 5) is 0. The summed E-state index contributed by atoms with van der Waals surface area (Å²) in [7, 11) is -3.38. The third-order valence-corrected chi connectivity index (χ3v) is 8.91. The zero-order valence-electron chi connectivity index (χ0n) is 22.8. The molecular weight excluding hydrogens is 535 g/mol. The Morgan fingerprint density at radius 1 is 1.13 bits per heavy atom. The van der Waals surface area contributed by atoms with Crippen LogP contribution in [0.25, 0.3) is 11.1 Å². The topological polar surface area (TPSA) is 58.2 Å². The van der Waals surface area contributed by atoms with Gasteiger partial charge in [0.05, 0.1) is 12.3 Å². The Morgan fingerprint density at radius 3 is 2.23 bits per heavy atom. The zero-order valence-corrected chi connectivity index (χ0v) is 23.6. The fourth-order valence-electron chi connectivity index (χ4n) is 5.42. The molecule has 2 aliphatic carbocycles. The van der Waals surface area contributed by atoms with Crippen molar-refractivity contribution in [2.75, 3.05) is 12.3 Å². The molecule has 2 fully saturated rings. The molecule has 39 heavy (non-hydrogen) atoms. The predicted molar refractivity (Wildman–Crippen MR) is 144 cm³/mol. The van der Waals surface area contributed by atoms with Crippen molar-refractivity contribution in [3.8, 4) is 11.1 Å². The standard InChI is InChI=1S/C23H26F3NO2S.C6H11F2N/c1-3-30(28,29)27-22-20(14(2)13-23(22)7-8-23)11-15-5-4-6-19(21(15)26)16-9-17(24)12-18(25)10-16;1-5(2)9-4-6(3,7)8/h4-6,9-10,12,14,20,22,27H,3,7-8,11,13H2,1-2H3;9H,1,4H2,2-3H3. The lowest BCUT2D eigenvalue weighted by Gasteiger charge is -2.27. The van der Waals surface area contributed by atoms with E-state index in [2.05, 4.69) is 23.5 Å². The van der Waals surface area contributed by atoms with Crippen molar-refractivity contribution in [2.45, 2.75) is 65.3 Å². The molecule has 2 saturated carbocycles. The van der Waals surface area contributed by atoms with Crippen LogP contribution in [0.1, 0.15) is 52.5 Å². The first kappa shape index (κ1) is 31.1. The second-order valence-corrected chi connectivity index (χ2v) is 13.1. The number of alkyl halides is 2. The van der Waals surface area contributed by atoms with E-state index in [1.807, 2.05) is 0 Å². The highest BCUT2D eigenvalue weighted by Crippen LogP contribution is 2.62. The van der Waals surface area contributed by atoms with Crippen molar-refractivity contribution in [3.05, 3.63) is 71.7 Å². The lowest BCUT2D eigenvalue weighted by Crippen LogP contribution is -2.44. The Balaban J connectivity index is 0.000000403. The molecular formula is C29H37F5N2O2S. The van der Waals surface area contributed by atoms with Crippen molar-refractivity contribution < 1.29 is 30.4 Å². The van der Waals surface area contributed by atoms with Crippen LogP contribution in [0.15, 0.2) is 48.7 Å². The van der Waals surface area contributed by atoms with Crippen LogP contribution in [-0.4, -0.2) is 32.7 Å². The second kappa shape index (κ2) is 12.0. The summed E-state index contributed by atoms with van der Waals surface area (Å²) in [5, 5.41) is 2.44. The van der Waals surface area contributed by atoms with E-state index in [1.165, 1.54) is 6.07 Å². The molecule has 3 unspecified atom stereocenters. The molecule has 0 bridgehead atoms. The number of sulfonamides is 1. The fourth-order valence-corrected chi connectivity index (χ4v) is 6.39. The van der Waals surface area contributed by atoms with Gasteiger partial charge in [-0.15, -0.1) is 0 Å². The summed E-state index contributed by atoms with van der Waals surface area (Å²) < 4.78 is 94.0. The Bertz CT molecular complexity index is 1270. The Kier molecular flexibility index (Phi) is 9.53. The zero-order chi connectivity index (χ0) is 29.2. The molecule has 2 aromatic rings. The molecule has 2 N–H and O–H groups in total. The minimum absolute atomic E-state index is 0.00959. The van der Waals surface area contributed by atoms with Crippen LogP contribution in [0, 0.1) is 34.7 Å². The van der Waals surface area contributed by atoms with Crippen molar-refractivity contribution in [3.63, 3.8) is 0 Å². The fraction of sp³-hybridized carbons (Fsp3) is 0.517. The minimum Gasteiger partial charge on any atom is -0.383 e. The van der Waals surface area contributed by atoms with Crippen LogP contribution >= 0.6 is 0 Å². The van der Waals surface area contributed by atoms with Gasteiger partial charge in [-0.1, -0.05) is 31.7 Å². The lowest BCUT2D eigenvalue weighted by atomic mass is 9.86. The molecule has 0 heterocycles. The van der Waals surface area contributed by atoms with Gasteiger partial charge >= 0.3 is 0 Å². The molecule has 0 saturated heterocycles. The largest absolute Gasteiger partial charge is 0.383 e. The molecule has 0 amide bonds. The van der Waals surface area contributed by atoms with Crippen LogP contribution in [0.2, 0.25) is 0 Å². The Morgan fingerprint density at radius 2 is 1.74 bits per heavy atom. The first-order valence-electron chi connectivity index (χ1n) is 13.1. The van der Waals surface area contributed by atoms with Gasteiger partial charge in [-0.3, -0.25) is 0 Å². The molecule has 2 aliphatic rings. The SMILES string of the molecule is C=C(C)NCC(C)(F)F.CCS(=O)(=O)NC1C(Cc2cccc(-c3cc(F)cc(F)c3)c2F)C(C)CC12CC2. The maximum absolute atomic E-state index is 15.4. The van der Waals surface area contributed by atoms with E-state index in [4.69, 9.17) is 0 Å². The summed E-state index contributed by atoms with van der Waals surface area (Å²) in [6.45, 7) is 9.29. The molecule has 0 aliphatic heterocycles. The van der Waals surface area contributed by atoms with E-state index in [0.717, 1.165) is 44.4 Å². The van der Waals surface area contributed by atoms with E-state index in [9.17, 15) is 26.0 Å². The summed E-state index contributed by atoms with van der Waals surface area (Å²) in [5.41, 5.74) is 1.27. The van der Waals surface area contributed by atoms with Crippen LogP contribution in [0.3, 0.4) is 0 Å². The van der Waals surface area contributed by atoms with Gasteiger partial charge in [0.2, 0.25) is 10.0 Å². The number of halogens is 5. The average Bonchev–Trinajstić information content (AvgIpc) is 3.55. The Hall–Kier alpha value is -2.46. The molecule has 1 spiro atoms. The van der Waals surface area contributed by atoms with E-state index in [1.54, 1.807) is 26.0 Å². The summed E-state index contributed by atoms with van der Waals surface area (Å²) in [6.07, 6.45) is 3.26. The van der Waals surface area contributed by atoms with E-state index < -0.39 is 33.4 Å². The first-order valence-corrected chi connectivity index (χ1v) is 14.7. The van der Waals surface area contributed by atoms with Crippen LogP contribution < -0.4 is 10.0 Å². The highest BCUT2D eigenvalue weighted by molar-refractivity contribution is 7.89. The van der Waals surface area contributed by atoms with Gasteiger partial charge in [0.1, 0.15) is 17.5 Å². The number of hydrogen-bond acceptors (Lipinski definition) is 3. The average molecular weight is 573 g/mol. The highest BCUT2D eigenvalue weighted by Gasteiger charge is 2.59. The third-order valence-electron chi connectivity index (χ3n) is 7.53. The van der Waals surface area contributed by atoms with Crippen molar-refractivity contribution in [2.24, 2.45) is 17.3 Å². The minimum atomic E-state index is -3.38. The lowest BCUT2D eigenvalue weighted by molar-refractivity contribution is 0.0252. The van der Waals surface area contributed by atoms with Gasteiger partial charge in [-0.05, 0) is 80.0 Å². The number of nitrogens with one attached hydrogen (secondary N) is 2. The molecule has 0 aromatic heterocycles. The number of allylic oxidation sites excluding steroid dienone is 1. The molecule has 2 aromatic carbocycles. The number of rotatable bonds is 9. The van der Waals surface area contributed by atoms with E-state index >= 15 is 4.39 Å². The molecule has 3 atom stereocenters. The molecule has 216 valence electrons. The smallest absolute Gasteiger partial charge is 0.262 e. The van der Waals surface area contributed by atoms with Crippen LogP contribution in [0.4, 0.5) is 22.0 Å². The molecule has 4 nitrogen and oxygen atoms in total. The van der Waals surface area contributed by atoms with Gasteiger partial charge in [0.25, 0.3) is 5.92 Å². The van der Waals surface area contributed by atoms with E-state index in [-0.39, 0.29) is 46.7 Å². The van der Waals surface area contributed by atoms with Crippen molar-refractivity contribution >= 4 is 10.0 Å². The van der Waals surface area contributed by atoms with Gasteiger partial charge in [0, 0.05) is 30.3 Å². The number of benzene rings is 2. The molecule has 10 heteroatoms. The summed E-state index contributed by atoms with van der Waals surface area (Å²) in [5.74, 6) is -4.46. The third kappa shape index (κ3) is 8.27. The first-order chi connectivity index (χ1) is 18.1. The van der Waals surface area contributed by atoms with Crippen molar-refractivity contribution in [1.29, 1.82) is 0 Å². The maximum Gasteiger partial charge on any atom is 0.262 e. The van der Waals surface area contributed by atoms with Gasteiger partial charge in [0.15, 0.2) is 0 Å². The number of hydrogen-bond donors (Lipinski definition) is 2. The van der Waals surface area contributed by atoms with Gasteiger partial charge in [-0.2, -0.15) is 0 Å². The second-order valence-electron chi connectivity index (χ2n) is 11.1. The quantitative estimate of drug-likeness (QED) is 0.324. The van der Waals surface area contributed by atoms with E-state index in [0.29, 0.717) is 17.7 Å². The monoisotopic (exact) mass is 572 g/mol. The normalized spacial score (nSPS) is 21.8. The predicted octanol–water partition coefficient (Wildman–Crippen LogP) is 6.82. The highest BCUT2D eigenvalue weighted by atomic mass is 32.2. The molecule has 0 radical (unpaired) electrons. The maximum atomic E-state index is 15.4.